The Hall–Kier alpha value is -2.28. The van der Waals surface area contributed by atoms with Crippen LogP contribution in [0.25, 0.3) is 22.0 Å². The molecule has 0 saturated carbocycles. The van der Waals surface area contributed by atoms with E-state index < -0.39 is 17.3 Å². The molecule has 2 N–H and O–H groups in total. The largest absolute Gasteiger partial charge is 0.593 e. The van der Waals surface area contributed by atoms with Crippen LogP contribution in [0, 0.1) is 6.92 Å². The van der Waals surface area contributed by atoms with E-state index in [1.807, 2.05) is 37.3 Å². The zero-order valence-electron chi connectivity index (χ0n) is 13.7. The number of benzene rings is 2. The van der Waals surface area contributed by atoms with Crippen LogP contribution >= 0.6 is 0 Å². The first kappa shape index (κ1) is 16.6. The third-order valence-corrected chi connectivity index (χ3v) is 5.27. The van der Waals surface area contributed by atoms with Crippen LogP contribution in [0.1, 0.15) is 16.1 Å². The van der Waals surface area contributed by atoms with Gasteiger partial charge in [-0.05, 0) is 42.3 Å². The predicted molar refractivity (Wildman–Crippen MR) is 95.5 cm³/mol. The van der Waals surface area contributed by atoms with Crippen molar-refractivity contribution in [3.05, 3.63) is 53.7 Å². The molecular weight excluding hydrogens is 324 g/mol. The molecule has 24 heavy (non-hydrogen) atoms. The van der Waals surface area contributed by atoms with Crippen molar-refractivity contribution in [1.82, 2.24) is 9.29 Å². The lowest BCUT2D eigenvalue weighted by molar-refractivity contribution is 0.0692. The summed E-state index contributed by atoms with van der Waals surface area (Å²) in [5.41, 5.74) is 3.42. The zero-order valence-corrected chi connectivity index (χ0v) is 14.5. The van der Waals surface area contributed by atoms with Crippen molar-refractivity contribution in [3.63, 3.8) is 0 Å². The van der Waals surface area contributed by atoms with E-state index in [9.17, 15) is 14.5 Å². The van der Waals surface area contributed by atoms with Gasteiger partial charge >= 0.3 is 5.97 Å². The number of carboxylic acids is 1. The summed E-state index contributed by atoms with van der Waals surface area (Å²) in [5.74, 6) is -0.999. The third kappa shape index (κ3) is 2.80. The molecular formula is C18H18N2O3S. The molecule has 0 bridgehead atoms. The Balaban J connectivity index is 2.17. The van der Waals surface area contributed by atoms with Gasteiger partial charge in [0.25, 0.3) is 0 Å². The average molecular weight is 342 g/mol. The molecule has 0 aliphatic rings. The number of carbonyl (C=O) groups is 1. The highest BCUT2D eigenvalue weighted by molar-refractivity contribution is 7.89. The van der Waals surface area contributed by atoms with Crippen molar-refractivity contribution >= 4 is 28.2 Å². The van der Waals surface area contributed by atoms with Crippen LogP contribution in [0.15, 0.2) is 47.4 Å². The second-order valence-corrected chi connectivity index (χ2v) is 7.46. The summed E-state index contributed by atoms with van der Waals surface area (Å²) in [4.78, 5) is 15.3. The van der Waals surface area contributed by atoms with Gasteiger partial charge in [0.1, 0.15) is 5.69 Å². The molecule has 0 saturated heterocycles. The lowest BCUT2D eigenvalue weighted by Crippen LogP contribution is -2.22. The summed E-state index contributed by atoms with van der Waals surface area (Å²) < 4.78 is 13.7. The Kier molecular flexibility index (Phi) is 4.36. The molecule has 1 atom stereocenters. The van der Waals surface area contributed by atoms with E-state index in [2.05, 4.69) is 4.98 Å². The molecule has 1 heterocycles. The lowest BCUT2D eigenvalue weighted by atomic mass is 10.0. The molecule has 5 nitrogen and oxygen atoms in total. The number of H-pyrrole nitrogens is 1. The third-order valence-electron chi connectivity index (χ3n) is 3.93. The smallest absolute Gasteiger partial charge is 0.352 e. The fraction of sp³-hybridized carbons (Fsp3) is 0.167. The quantitative estimate of drug-likeness (QED) is 0.712. The van der Waals surface area contributed by atoms with Gasteiger partial charge in [-0.15, -0.1) is 4.31 Å². The minimum absolute atomic E-state index is 0.167. The topological polar surface area (TPSA) is 79.4 Å². The number of aryl methyl sites for hydroxylation is 1. The van der Waals surface area contributed by atoms with Crippen LogP contribution in [0.4, 0.5) is 0 Å². The molecule has 124 valence electrons. The summed E-state index contributed by atoms with van der Waals surface area (Å²) >= 11 is -1.23. The normalized spacial score (nSPS) is 12.7. The van der Waals surface area contributed by atoms with Crippen molar-refractivity contribution in [2.45, 2.75) is 11.8 Å². The summed E-state index contributed by atoms with van der Waals surface area (Å²) in [5, 5.41) is 10.4. The van der Waals surface area contributed by atoms with Gasteiger partial charge in [0.2, 0.25) is 0 Å². The second kappa shape index (κ2) is 6.32. The molecule has 0 aliphatic heterocycles. The molecule has 3 rings (SSSR count). The maximum Gasteiger partial charge on any atom is 0.352 e. The van der Waals surface area contributed by atoms with Crippen molar-refractivity contribution in [3.8, 4) is 11.1 Å². The first-order valence-electron chi connectivity index (χ1n) is 7.44. The first-order valence-corrected chi connectivity index (χ1v) is 8.55. The number of para-hydroxylation sites is 1. The average Bonchev–Trinajstić information content (AvgIpc) is 2.95. The Morgan fingerprint density at radius 3 is 2.42 bits per heavy atom. The second-order valence-electron chi connectivity index (χ2n) is 5.76. The van der Waals surface area contributed by atoms with E-state index >= 15 is 0 Å². The Bertz CT molecular complexity index is 901. The summed E-state index contributed by atoms with van der Waals surface area (Å²) in [6.07, 6.45) is 0. The van der Waals surface area contributed by atoms with Crippen molar-refractivity contribution < 1.29 is 14.5 Å². The predicted octanol–water partition coefficient (Wildman–Crippen LogP) is 3.43. The highest BCUT2D eigenvalue weighted by Crippen LogP contribution is 2.34. The molecule has 3 aromatic rings. The molecule has 2 aromatic carbocycles. The van der Waals surface area contributed by atoms with Crippen LogP contribution in [0.2, 0.25) is 0 Å². The Morgan fingerprint density at radius 2 is 1.83 bits per heavy atom. The SMILES string of the molecule is Cc1cccc2c(-c3ccc([S+]([O-])N(C)C)cc3)c(C(=O)O)[nH]c12. The first-order chi connectivity index (χ1) is 11.4. The number of nitrogens with one attached hydrogen (secondary N) is 1. The highest BCUT2D eigenvalue weighted by atomic mass is 32.2. The van der Waals surface area contributed by atoms with Crippen molar-refractivity contribution in [1.29, 1.82) is 0 Å². The fourth-order valence-electron chi connectivity index (χ4n) is 2.77. The fourth-order valence-corrected chi connectivity index (χ4v) is 3.56. The zero-order chi connectivity index (χ0) is 17.4. The van der Waals surface area contributed by atoms with Crippen molar-refractivity contribution in [2.75, 3.05) is 14.1 Å². The highest BCUT2D eigenvalue weighted by Gasteiger charge is 2.20. The number of aromatic amines is 1. The maximum atomic E-state index is 12.1. The number of carboxylic acid groups (broad SMARTS) is 1. The molecule has 0 amide bonds. The molecule has 0 aliphatic carbocycles. The summed E-state index contributed by atoms with van der Waals surface area (Å²) in [6.45, 7) is 1.94. The van der Waals surface area contributed by atoms with E-state index in [-0.39, 0.29) is 5.69 Å². The van der Waals surface area contributed by atoms with Crippen LogP contribution in [-0.4, -0.2) is 39.0 Å². The van der Waals surface area contributed by atoms with Gasteiger partial charge in [0.15, 0.2) is 4.90 Å². The Morgan fingerprint density at radius 1 is 1.17 bits per heavy atom. The minimum Gasteiger partial charge on any atom is -0.593 e. The monoisotopic (exact) mass is 342 g/mol. The number of fused-ring (bicyclic) bond motifs is 1. The standard InChI is InChI=1S/C18H18N2O3S/c1-11-5-4-6-14-15(17(18(21)22)19-16(11)14)12-7-9-13(10-8-12)24(23)20(2)3/h4-10,19H,1-3H3,(H,21,22). The molecule has 0 spiro atoms. The van der Waals surface area contributed by atoms with Crippen LogP contribution in [0.5, 0.6) is 0 Å². The molecule has 0 radical (unpaired) electrons. The summed E-state index contributed by atoms with van der Waals surface area (Å²) in [6, 6.07) is 12.9. The van der Waals surface area contributed by atoms with Gasteiger partial charge in [-0.2, -0.15) is 0 Å². The lowest BCUT2D eigenvalue weighted by Gasteiger charge is -2.15. The molecule has 1 unspecified atom stereocenters. The van der Waals surface area contributed by atoms with Gasteiger partial charge in [0.05, 0.1) is 11.4 Å². The van der Waals surface area contributed by atoms with Crippen LogP contribution in [0.3, 0.4) is 0 Å². The van der Waals surface area contributed by atoms with E-state index in [0.717, 1.165) is 22.0 Å². The van der Waals surface area contributed by atoms with E-state index in [1.165, 1.54) is 0 Å². The van der Waals surface area contributed by atoms with Gasteiger partial charge in [-0.1, -0.05) is 18.2 Å². The van der Waals surface area contributed by atoms with Gasteiger partial charge in [-0.3, -0.25) is 0 Å². The van der Waals surface area contributed by atoms with Gasteiger partial charge in [0, 0.05) is 30.6 Å². The number of aromatic carboxylic acids is 1. The van der Waals surface area contributed by atoms with Gasteiger partial charge < -0.3 is 14.6 Å². The number of hydrogen-bond donors (Lipinski definition) is 2. The van der Waals surface area contributed by atoms with E-state index in [0.29, 0.717) is 10.5 Å². The molecule has 6 heteroatoms. The summed E-state index contributed by atoms with van der Waals surface area (Å²) in [7, 11) is 3.49. The van der Waals surface area contributed by atoms with E-state index in [1.54, 1.807) is 30.5 Å². The number of aromatic nitrogens is 1. The number of rotatable bonds is 4. The Labute approximate surface area is 143 Å². The molecule has 1 aromatic heterocycles. The number of nitrogens with zero attached hydrogens (tertiary/aromatic N) is 1. The van der Waals surface area contributed by atoms with E-state index in [4.69, 9.17) is 0 Å². The van der Waals surface area contributed by atoms with Crippen molar-refractivity contribution in [2.24, 2.45) is 0 Å². The molecule has 0 fully saturated rings. The number of hydrogen-bond acceptors (Lipinski definition) is 3. The van der Waals surface area contributed by atoms with Crippen LogP contribution in [-0.2, 0) is 11.4 Å². The minimum atomic E-state index is -1.23. The maximum absolute atomic E-state index is 12.1. The van der Waals surface area contributed by atoms with Gasteiger partial charge in [-0.25, -0.2) is 4.79 Å². The van der Waals surface area contributed by atoms with Crippen LogP contribution < -0.4 is 0 Å².